The summed E-state index contributed by atoms with van der Waals surface area (Å²) in [4.78, 5) is 4.55. The molecule has 10 aromatic rings. The Morgan fingerprint density at radius 3 is 1.94 bits per heavy atom. The van der Waals surface area contributed by atoms with Crippen molar-refractivity contribution in [3.05, 3.63) is 229 Å². The van der Waals surface area contributed by atoms with Gasteiger partial charge in [0.05, 0.1) is 5.69 Å². The van der Waals surface area contributed by atoms with E-state index in [0.29, 0.717) is 6.54 Å². The first kappa shape index (κ1) is 37.9. The summed E-state index contributed by atoms with van der Waals surface area (Å²) in [5.74, 6) is 0. The van der Waals surface area contributed by atoms with Crippen molar-refractivity contribution in [3.8, 4) is 11.1 Å². The molecule has 298 valence electrons. The third-order valence-corrected chi connectivity index (χ3v) is 12.5. The summed E-state index contributed by atoms with van der Waals surface area (Å²) in [5.41, 5.74) is 17.7. The van der Waals surface area contributed by atoms with Crippen molar-refractivity contribution in [2.24, 2.45) is 5.73 Å². The number of fused-ring (bicyclic) bond motifs is 12. The van der Waals surface area contributed by atoms with Crippen LogP contribution in [0.4, 0.5) is 28.4 Å². The minimum Gasteiger partial charge on any atom is -0.325 e. The number of anilines is 5. The van der Waals surface area contributed by atoms with Crippen LogP contribution < -0.4 is 15.5 Å². The highest BCUT2D eigenvalue weighted by atomic mass is 15.2. The highest BCUT2D eigenvalue weighted by Crippen LogP contribution is 2.43. The van der Waals surface area contributed by atoms with Gasteiger partial charge in [-0.3, -0.25) is 0 Å². The largest absolute Gasteiger partial charge is 0.325 e. The molecule has 0 atom stereocenters. The van der Waals surface area contributed by atoms with Gasteiger partial charge in [0.2, 0.25) is 0 Å². The zero-order valence-corrected chi connectivity index (χ0v) is 35.1. The molecule has 0 saturated carbocycles. The van der Waals surface area contributed by atoms with Gasteiger partial charge in [0.25, 0.3) is 0 Å². The summed E-state index contributed by atoms with van der Waals surface area (Å²) in [7, 11) is 0. The number of nitrogens with two attached hydrogens (primary N) is 1. The summed E-state index contributed by atoms with van der Waals surface area (Å²) < 4.78 is 0. The van der Waals surface area contributed by atoms with Crippen LogP contribution in [0, 0.1) is 24.3 Å². The van der Waals surface area contributed by atoms with Crippen LogP contribution in [-0.4, -0.2) is 6.54 Å². The van der Waals surface area contributed by atoms with Gasteiger partial charge in [-0.1, -0.05) is 133 Å². The molecule has 3 nitrogen and oxygen atoms in total. The number of benzene rings is 8. The number of allylic oxidation sites excluding steroid dienone is 4. The van der Waals surface area contributed by atoms with Crippen LogP contribution in [0.2, 0.25) is 0 Å². The second kappa shape index (κ2) is 16.1. The smallest absolute Gasteiger partial charge is 0.0973 e. The Morgan fingerprint density at radius 2 is 1.19 bits per heavy atom. The highest BCUT2D eigenvalue weighted by Gasteiger charge is 2.20. The van der Waals surface area contributed by atoms with Crippen LogP contribution in [0.25, 0.3) is 71.1 Å². The molecule has 0 bridgehead atoms. The molecule has 0 heterocycles. The van der Waals surface area contributed by atoms with Crippen LogP contribution in [0.15, 0.2) is 194 Å². The first-order valence-electron chi connectivity index (χ1n) is 21.7. The molecule has 0 spiro atoms. The van der Waals surface area contributed by atoms with Crippen molar-refractivity contribution in [2.45, 2.75) is 19.8 Å². The molecular formula is C60H43N3. The highest BCUT2D eigenvalue weighted by molar-refractivity contribution is 6.25. The maximum atomic E-state index is 6.53. The van der Waals surface area contributed by atoms with E-state index in [0.717, 1.165) is 68.9 Å². The first-order valence-corrected chi connectivity index (χ1v) is 21.7. The van der Waals surface area contributed by atoms with E-state index in [1.54, 1.807) is 0 Å². The number of hydrogen-bond donors (Lipinski definition) is 1. The average molecular weight is 806 g/mol. The van der Waals surface area contributed by atoms with Gasteiger partial charge in [-0.25, -0.2) is 0 Å². The van der Waals surface area contributed by atoms with Crippen molar-refractivity contribution in [2.75, 3.05) is 16.3 Å². The third-order valence-electron chi connectivity index (χ3n) is 12.5. The van der Waals surface area contributed by atoms with E-state index < -0.39 is 0 Å². The van der Waals surface area contributed by atoms with Gasteiger partial charge in [-0.15, -0.1) is 0 Å². The van der Waals surface area contributed by atoms with E-state index in [2.05, 4.69) is 204 Å². The van der Waals surface area contributed by atoms with Gasteiger partial charge in [0, 0.05) is 40.4 Å². The molecule has 0 amide bonds. The number of nitrogens with zero attached hydrogens (tertiary/aromatic N) is 2. The summed E-state index contributed by atoms with van der Waals surface area (Å²) in [6.45, 7) is 2.39. The van der Waals surface area contributed by atoms with E-state index in [1.165, 1.54) is 54.2 Å². The molecule has 0 saturated heterocycles. The van der Waals surface area contributed by atoms with E-state index >= 15 is 0 Å². The molecule has 10 aromatic carbocycles. The molecule has 0 radical (unpaired) electrons. The van der Waals surface area contributed by atoms with Crippen LogP contribution >= 0.6 is 0 Å². The van der Waals surface area contributed by atoms with E-state index in [1.807, 2.05) is 31.2 Å². The van der Waals surface area contributed by atoms with Gasteiger partial charge in [0.15, 0.2) is 0 Å². The second-order valence-corrected chi connectivity index (χ2v) is 16.1. The fraction of sp³-hybridized carbons (Fsp3) is 0.0667. The Balaban J connectivity index is 0.968. The Kier molecular flexibility index (Phi) is 9.67. The van der Waals surface area contributed by atoms with E-state index in [4.69, 9.17) is 5.73 Å². The van der Waals surface area contributed by atoms with Crippen LogP contribution in [0.1, 0.15) is 24.5 Å². The van der Waals surface area contributed by atoms with Gasteiger partial charge >= 0.3 is 0 Å². The summed E-state index contributed by atoms with van der Waals surface area (Å²) in [5, 5.41) is 12.2. The molecule has 0 aliphatic heterocycles. The standard InChI is InChI=1S/C60H43N3/c1-2-3-15-48(40-61)63(47-35-37-58-54-23-10-8-19-50(54)52-21-12-14-25-56(52)60(58)39-47)45-32-28-42(29-33-45)41-26-30-44(31-27-41)62(43-16-5-4-6-17-43)46-34-36-57-53-22-9-7-18-49(53)51-20-11-13-24-55(51)59(57)38-46/h2-5,8-11,13-16,19-20,22-39H,7,18,40,61H2,1H3/b3-2-,48-15+. The zero-order chi connectivity index (χ0) is 42.3. The van der Waals surface area contributed by atoms with Gasteiger partial charge in [-0.2, -0.15) is 0 Å². The lowest BCUT2D eigenvalue weighted by atomic mass is 9.86. The lowest BCUT2D eigenvalue weighted by Crippen LogP contribution is -2.22. The molecule has 1 aliphatic carbocycles. The van der Waals surface area contributed by atoms with Gasteiger partial charge in [-0.05, 0) is 175 Å². The topological polar surface area (TPSA) is 32.5 Å². The van der Waals surface area contributed by atoms with Gasteiger partial charge < -0.3 is 15.5 Å². The fourth-order valence-corrected chi connectivity index (χ4v) is 9.63. The summed E-state index contributed by atoms with van der Waals surface area (Å²) in [6.07, 6.45) is 13.0. The zero-order valence-electron chi connectivity index (χ0n) is 35.1. The minimum absolute atomic E-state index is 0.368. The summed E-state index contributed by atoms with van der Waals surface area (Å²) >= 11 is 0. The first-order chi connectivity index (χ1) is 31.2. The molecule has 0 aromatic heterocycles. The molecule has 0 fully saturated rings. The van der Waals surface area contributed by atoms with Crippen LogP contribution in [0.3, 0.4) is 0 Å². The van der Waals surface area contributed by atoms with E-state index in [9.17, 15) is 0 Å². The van der Waals surface area contributed by atoms with Crippen LogP contribution in [-0.2, 0) is 6.42 Å². The molecule has 1 aliphatic rings. The SMILES string of the molecule is C/C=C\C=C(/CN)N(c1ccc(-c2ccc(N(c3c#cccc3)c3ccc4c5c(c6ccccc6c4c3)CCC=C5)cc2)cc1)c1ccc2c3ccccc3c3c#cccc3c2c1. The predicted molar refractivity (Wildman–Crippen MR) is 267 cm³/mol. The Labute approximate surface area is 369 Å². The molecule has 0 unspecified atom stereocenters. The molecular weight excluding hydrogens is 763 g/mol. The summed E-state index contributed by atoms with van der Waals surface area (Å²) in [6, 6.07) is 72.0. The predicted octanol–water partition coefficient (Wildman–Crippen LogP) is 15.3. The monoisotopic (exact) mass is 805 g/mol. The Morgan fingerprint density at radius 1 is 0.571 bits per heavy atom. The number of aryl methyl sites for hydroxylation is 1. The average Bonchev–Trinajstić information content (AvgIpc) is 3.36. The lowest BCUT2D eigenvalue weighted by Gasteiger charge is -2.28. The van der Waals surface area contributed by atoms with E-state index in [-0.39, 0.29) is 0 Å². The molecule has 3 heteroatoms. The lowest BCUT2D eigenvalue weighted by molar-refractivity contribution is 1.00. The maximum absolute atomic E-state index is 6.53. The normalized spacial score (nSPS) is 12.6. The molecule has 63 heavy (non-hydrogen) atoms. The van der Waals surface area contributed by atoms with Crippen molar-refractivity contribution in [3.63, 3.8) is 0 Å². The van der Waals surface area contributed by atoms with Crippen molar-refractivity contribution < 1.29 is 0 Å². The second-order valence-electron chi connectivity index (χ2n) is 16.1. The fourth-order valence-electron chi connectivity index (χ4n) is 9.63. The number of rotatable bonds is 9. The third kappa shape index (κ3) is 6.64. The molecule has 2 N–H and O–H groups in total. The maximum Gasteiger partial charge on any atom is 0.0973 e. The molecule has 11 rings (SSSR count). The van der Waals surface area contributed by atoms with Crippen molar-refractivity contribution in [1.82, 2.24) is 0 Å². The Bertz CT molecular complexity index is 3400. The van der Waals surface area contributed by atoms with Crippen molar-refractivity contribution >= 4 is 88.4 Å². The Hall–Kier alpha value is -8.08. The van der Waals surface area contributed by atoms with Gasteiger partial charge in [0.1, 0.15) is 0 Å². The van der Waals surface area contributed by atoms with Crippen LogP contribution in [0.5, 0.6) is 0 Å². The minimum atomic E-state index is 0.368. The van der Waals surface area contributed by atoms with Crippen molar-refractivity contribution in [1.29, 1.82) is 0 Å². The number of hydrogen-bond acceptors (Lipinski definition) is 3. The quantitative estimate of drug-likeness (QED) is 0.116.